The number of hydrogen-bond donors (Lipinski definition) is 2. The molecule has 178 valence electrons. The summed E-state index contributed by atoms with van der Waals surface area (Å²) in [6, 6.07) is 9.92. The van der Waals surface area contributed by atoms with Gasteiger partial charge >= 0.3 is 0 Å². The number of ether oxygens (including phenoxy) is 1. The van der Waals surface area contributed by atoms with E-state index in [1.807, 2.05) is 19.1 Å². The number of nitrogens with one attached hydrogen (secondary N) is 1. The lowest BCUT2D eigenvalue weighted by atomic mass is 10.2. The number of carbonyl (C=O) groups excluding carboxylic acids is 1. The number of aryl methyl sites for hydroxylation is 1. The second-order valence-electron chi connectivity index (χ2n) is 7.89. The number of nitrogens with zero attached hydrogens (tertiary/aromatic N) is 4. The zero-order valence-electron chi connectivity index (χ0n) is 18.6. The van der Waals surface area contributed by atoms with Crippen molar-refractivity contribution in [2.45, 2.75) is 31.3 Å². The van der Waals surface area contributed by atoms with Crippen molar-refractivity contribution in [2.75, 3.05) is 28.8 Å². The van der Waals surface area contributed by atoms with Gasteiger partial charge in [0.25, 0.3) is 0 Å². The van der Waals surface area contributed by atoms with Gasteiger partial charge in [0.05, 0.1) is 4.90 Å². The van der Waals surface area contributed by atoms with Gasteiger partial charge in [-0.1, -0.05) is 17.7 Å². The van der Waals surface area contributed by atoms with Crippen LogP contribution < -0.4 is 20.7 Å². The number of aromatic nitrogens is 3. The molecule has 1 aliphatic heterocycles. The Kier molecular flexibility index (Phi) is 6.58. The predicted octanol–water partition coefficient (Wildman–Crippen LogP) is 3.27. The lowest BCUT2D eigenvalue weighted by molar-refractivity contribution is -0.117. The SMILES string of the molecule is Cc1ccc(Nc2nc(N)nc(COc3cc(N4CCCC4=O)cc(S(C)(=O)=O)c3)n2)cc1Cl. The highest BCUT2D eigenvalue weighted by Crippen LogP contribution is 2.30. The minimum Gasteiger partial charge on any atom is -0.485 e. The van der Waals surface area contributed by atoms with E-state index in [9.17, 15) is 13.2 Å². The van der Waals surface area contributed by atoms with Gasteiger partial charge in [0.1, 0.15) is 12.4 Å². The van der Waals surface area contributed by atoms with E-state index in [2.05, 4.69) is 20.3 Å². The lowest BCUT2D eigenvalue weighted by Gasteiger charge is -2.18. The fourth-order valence-electron chi connectivity index (χ4n) is 3.44. The first-order valence-electron chi connectivity index (χ1n) is 10.4. The van der Waals surface area contributed by atoms with E-state index in [1.165, 1.54) is 12.1 Å². The maximum absolute atomic E-state index is 12.2. The number of hydrogen-bond acceptors (Lipinski definition) is 9. The molecule has 0 saturated carbocycles. The molecule has 0 bridgehead atoms. The van der Waals surface area contributed by atoms with Gasteiger partial charge in [0.2, 0.25) is 17.8 Å². The van der Waals surface area contributed by atoms with Crippen molar-refractivity contribution < 1.29 is 17.9 Å². The topological polar surface area (TPSA) is 140 Å². The summed E-state index contributed by atoms with van der Waals surface area (Å²) in [7, 11) is -3.53. The minimum absolute atomic E-state index is 0.0115. The molecule has 0 spiro atoms. The second kappa shape index (κ2) is 9.43. The number of benzene rings is 2. The first kappa shape index (κ1) is 23.7. The molecular weight excluding hydrogens is 480 g/mol. The van der Waals surface area contributed by atoms with E-state index in [0.717, 1.165) is 11.8 Å². The average molecular weight is 503 g/mol. The molecule has 3 N–H and O–H groups in total. The van der Waals surface area contributed by atoms with Crippen LogP contribution in [0.2, 0.25) is 5.02 Å². The van der Waals surface area contributed by atoms with Crippen molar-refractivity contribution in [1.29, 1.82) is 0 Å². The molecule has 1 amide bonds. The number of sulfone groups is 1. The van der Waals surface area contributed by atoms with Gasteiger partial charge in [-0.05, 0) is 43.2 Å². The van der Waals surface area contributed by atoms with E-state index in [1.54, 1.807) is 17.0 Å². The quantitative estimate of drug-likeness (QED) is 0.497. The highest BCUT2D eigenvalue weighted by Gasteiger charge is 2.24. The minimum atomic E-state index is -3.53. The summed E-state index contributed by atoms with van der Waals surface area (Å²) in [5.41, 5.74) is 7.91. The second-order valence-corrected chi connectivity index (χ2v) is 10.3. The summed E-state index contributed by atoms with van der Waals surface area (Å²) < 4.78 is 30.2. The Morgan fingerprint density at radius 2 is 1.97 bits per heavy atom. The molecule has 3 aromatic rings. The first-order chi connectivity index (χ1) is 16.1. The number of carbonyl (C=O) groups is 1. The van der Waals surface area contributed by atoms with Crippen molar-refractivity contribution >= 4 is 50.6 Å². The summed E-state index contributed by atoms with van der Waals surface area (Å²) >= 11 is 6.17. The summed E-state index contributed by atoms with van der Waals surface area (Å²) in [5, 5.41) is 3.62. The fraction of sp³-hybridized carbons (Fsp3) is 0.273. The number of nitrogen functional groups attached to an aromatic ring is 1. The number of amides is 1. The van der Waals surface area contributed by atoms with Crippen LogP contribution in [0, 0.1) is 6.92 Å². The highest BCUT2D eigenvalue weighted by atomic mass is 35.5. The Morgan fingerprint density at radius 3 is 2.65 bits per heavy atom. The molecule has 0 atom stereocenters. The Hall–Kier alpha value is -3.44. The molecule has 1 fully saturated rings. The van der Waals surface area contributed by atoms with E-state index >= 15 is 0 Å². The van der Waals surface area contributed by atoms with Gasteiger partial charge in [-0.3, -0.25) is 4.79 Å². The molecule has 1 saturated heterocycles. The monoisotopic (exact) mass is 502 g/mol. The van der Waals surface area contributed by atoms with Gasteiger partial charge in [-0.15, -0.1) is 0 Å². The third kappa shape index (κ3) is 5.54. The van der Waals surface area contributed by atoms with Crippen LogP contribution in [0.25, 0.3) is 0 Å². The number of rotatable bonds is 7. The first-order valence-corrected chi connectivity index (χ1v) is 12.7. The summed E-state index contributed by atoms with van der Waals surface area (Å²) in [4.78, 5) is 26.3. The summed E-state index contributed by atoms with van der Waals surface area (Å²) in [5.74, 6) is 0.628. The molecule has 4 rings (SSSR count). The molecule has 10 nitrogen and oxygen atoms in total. The molecule has 1 aromatic heterocycles. The Morgan fingerprint density at radius 1 is 1.18 bits per heavy atom. The zero-order chi connectivity index (χ0) is 24.5. The number of nitrogens with two attached hydrogens (primary N) is 1. The molecule has 0 radical (unpaired) electrons. The Bertz CT molecular complexity index is 1370. The number of anilines is 4. The maximum Gasteiger partial charge on any atom is 0.232 e. The zero-order valence-corrected chi connectivity index (χ0v) is 20.2. The van der Waals surface area contributed by atoms with Crippen LogP contribution in [0.15, 0.2) is 41.3 Å². The smallest absolute Gasteiger partial charge is 0.232 e. The van der Waals surface area contributed by atoms with Crippen LogP contribution in [-0.4, -0.2) is 42.1 Å². The molecule has 0 aliphatic carbocycles. The lowest BCUT2D eigenvalue weighted by Crippen LogP contribution is -2.24. The van der Waals surface area contributed by atoms with Crippen LogP contribution in [0.4, 0.5) is 23.3 Å². The predicted molar refractivity (Wildman–Crippen MR) is 129 cm³/mol. The van der Waals surface area contributed by atoms with Gasteiger partial charge in [-0.25, -0.2) is 8.42 Å². The molecule has 12 heteroatoms. The van der Waals surface area contributed by atoms with Crippen molar-refractivity contribution in [1.82, 2.24) is 15.0 Å². The van der Waals surface area contributed by atoms with Gasteiger partial charge in [0, 0.05) is 41.7 Å². The largest absolute Gasteiger partial charge is 0.485 e. The van der Waals surface area contributed by atoms with E-state index in [0.29, 0.717) is 35.8 Å². The van der Waals surface area contributed by atoms with Crippen LogP contribution >= 0.6 is 11.6 Å². The van der Waals surface area contributed by atoms with Crippen molar-refractivity contribution in [3.05, 3.63) is 52.8 Å². The molecular formula is C22H23ClN6O4S. The normalized spacial score (nSPS) is 13.9. The average Bonchev–Trinajstić information content (AvgIpc) is 3.20. The third-order valence-corrected chi connectivity index (χ3v) is 6.67. The Labute approximate surface area is 202 Å². The van der Waals surface area contributed by atoms with Crippen LogP contribution in [0.3, 0.4) is 0 Å². The standard InChI is InChI=1S/C22H23ClN6O4S/c1-13-5-6-14(8-18(13)23)25-22-27-19(26-21(24)28-22)12-33-16-9-15(29-7-3-4-20(29)30)10-17(11-16)34(2,31)32/h5-6,8-11H,3-4,7,12H2,1-2H3,(H3,24,25,26,27,28). The van der Waals surface area contributed by atoms with Gasteiger partial charge in [-0.2, -0.15) is 15.0 Å². The van der Waals surface area contributed by atoms with Crippen molar-refractivity contribution in [3.63, 3.8) is 0 Å². The summed E-state index contributed by atoms with van der Waals surface area (Å²) in [6.45, 7) is 2.32. The maximum atomic E-state index is 12.2. The molecule has 34 heavy (non-hydrogen) atoms. The van der Waals surface area contributed by atoms with E-state index in [4.69, 9.17) is 22.1 Å². The third-order valence-electron chi connectivity index (χ3n) is 5.17. The van der Waals surface area contributed by atoms with Crippen LogP contribution in [0.1, 0.15) is 24.2 Å². The molecule has 2 heterocycles. The van der Waals surface area contributed by atoms with Crippen LogP contribution in [-0.2, 0) is 21.2 Å². The van der Waals surface area contributed by atoms with Gasteiger partial charge in [0.15, 0.2) is 15.7 Å². The highest BCUT2D eigenvalue weighted by molar-refractivity contribution is 7.90. The molecule has 2 aromatic carbocycles. The van der Waals surface area contributed by atoms with E-state index < -0.39 is 9.84 Å². The fourth-order valence-corrected chi connectivity index (χ4v) is 4.28. The van der Waals surface area contributed by atoms with Gasteiger partial charge < -0.3 is 20.7 Å². The molecule has 1 aliphatic rings. The van der Waals surface area contributed by atoms with Crippen LogP contribution in [0.5, 0.6) is 5.75 Å². The Balaban J connectivity index is 1.56. The van der Waals surface area contributed by atoms with E-state index in [-0.39, 0.29) is 40.9 Å². The van der Waals surface area contributed by atoms with Crippen molar-refractivity contribution in [2.24, 2.45) is 0 Å². The van der Waals surface area contributed by atoms with Crippen molar-refractivity contribution in [3.8, 4) is 5.75 Å². The number of halogens is 1. The molecule has 0 unspecified atom stereocenters. The summed E-state index contributed by atoms with van der Waals surface area (Å²) in [6.07, 6.45) is 2.24.